The van der Waals surface area contributed by atoms with Gasteiger partial charge in [0.2, 0.25) is 0 Å². The Balaban J connectivity index is 1.57. The quantitative estimate of drug-likeness (QED) is 0.478. The first-order chi connectivity index (χ1) is 12.3. The molecule has 1 heterocycles. The van der Waals surface area contributed by atoms with Gasteiger partial charge in [-0.05, 0) is 6.42 Å². The van der Waals surface area contributed by atoms with Gasteiger partial charge in [-0.25, -0.2) is 9.78 Å². The lowest BCUT2D eigenvalue weighted by Crippen LogP contribution is -2.29. The molecular weight excluding hydrogens is 330 g/mol. The molecule has 5 heteroatoms. The summed E-state index contributed by atoms with van der Waals surface area (Å²) >= 11 is 1.45. The zero-order valence-electron chi connectivity index (χ0n) is 15.1. The Labute approximate surface area is 155 Å². The van der Waals surface area contributed by atoms with E-state index in [4.69, 9.17) is 0 Å². The summed E-state index contributed by atoms with van der Waals surface area (Å²) in [5.41, 5.74) is 1.95. The molecule has 0 fully saturated rings. The van der Waals surface area contributed by atoms with E-state index in [0.717, 1.165) is 24.2 Å². The average Bonchev–Trinajstić information content (AvgIpc) is 3.09. The van der Waals surface area contributed by atoms with Crippen molar-refractivity contribution in [2.24, 2.45) is 0 Å². The van der Waals surface area contributed by atoms with Gasteiger partial charge in [0.25, 0.3) is 0 Å². The van der Waals surface area contributed by atoms with E-state index in [0.29, 0.717) is 5.13 Å². The minimum Gasteiger partial charge on any atom is -0.338 e. The van der Waals surface area contributed by atoms with Crippen LogP contribution in [0.4, 0.5) is 9.93 Å². The molecule has 0 spiro atoms. The second-order valence-electron chi connectivity index (χ2n) is 6.26. The zero-order chi connectivity index (χ0) is 17.7. The number of unbranched alkanes of at least 4 members (excludes halogenated alkanes) is 7. The normalized spacial score (nSPS) is 10.6. The van der Waals surface area contributed by atoms with Gasteiger partial charge in [0, 0.05) is 17.5 Å². The van der Waals surface area contributed by atoms with E-state index < -0.39 is 0 Å². The summed E-state index contributed by atoms with van der Waals surface area (Å²) in [7, 11) is 0. The van der Waals surface area contributed by atoms with Crippen molar-refractivity contribution in [2.45, 2.75) is 58.3 Å². The summed E-state index contributed by atoms with van der Waals surface area (Å²) < 4.78 is 0. The molecule has 4 nitrogen and oxygen atoms in total. The molecular formula is C20H29N3OS. The van der Waals surface area contributed by atoms with Crippen LogP contribution in [-0.2, 0) is 0 Å². The van der Waals surface area contributed by atoms with E-state index in [1.54, 1.807) is 0 Å². The number of nitrogens with one attached hydrogen (secondary N) is 2. The van der Waals surface area contributed by atoms with Crippen LogP contribution in [0, 0.1) is 0 Å². The number of hydrogen-bond acceptors (Lipinski definition) is 3. The number of benzene rings is 1. The van der Waals surface area contributed by atoms with Crippen LogP contribution in [0.25, 0.3) is 11.3 Å². The third-order valence-electron chi connectivity index (χ3n) is 4.11. The zero-order valence-corrected chi connectivity index (χ0v) is 15.9. The minimum absolute atomic E-state index is 0.170. The predicted octanol–water partition coefficient (Wildman–Crippen LogP) is 6.07. The number of carbonyl (C=O) groups excluding carboxylic acids is 1. The Morgan fingerprint density at radius 2 is 1.68 bits per heavy atom. The van der Waals surface area contributed by atoms with Gasteiger partial charge in [0.05, 0.1) is 5.69 Å². The van der Waals surface area contributed by atoms with Crippen molar-refractivity contribution in [3.05, 3.63) is 35.7 Å². The Morgan fingerprint density at radius 1 is 1.00 bits per heavy atom. The number of aromatic nitrogens is 1. The van der Waals surface area contributed by atoms with Gasteiger partial charge in [0.15, 0.2) is 5.13 Å². The molecule has 0 saturated heterocycles. The fourth-order valence-electron chi connectivity index (χ4n) is 2.67. The van der Waals surface area contributed by atoms with Crippen molar-refractivity contribution in [3.63, 3.8) is 0 Å². The highest BCUT2D eigenvalue weighted by Crippen LogP contribution is 2.24. The molecule has 2 N–H and O–H groups in total. The van der Waals surface area contributed by atoms with Gasteiger partial charge in [-0.3, -0.25) is 5.32 Å². The van der Waals surface area contributed by atoms with Crippen molar-refractivity contribution in [1.82, 2.24) is 10.3 Å². The monoisotopic (exact) mass is 359 g/mol. The molecule has 136 valence electrons. The lowest BCUT2D eigenvalue weighted by Gasteiger charge is -2.05. The first-order valence-electron chi connectivity index (χ1n) is 9.35. The van der Waals surface area contributed by atoms with E-state index in [-0.39, 0.29) is 6.03 Å². The molecule has 25 heavy (non-hydrogen) atoms. The van der Waals surface area contributed by atoms with E-state index in [1.807, 2.05) is 35.7 Å². The third kappa shape index (κ3) is 7.69. The fraction of sp³-hybridized carbons (Fsp3) is 0.500. The maximum atomic E-state index is 11.9. The number of hydrogen-bond donors (Lipinski definition) is 2. The van der Waals surface area contributed by atoms with Crippen LogP contribution in [0.15, 0.2) is 35.7 Å². The standard InChI is InChI=1S/C20H29N3OS/c1-2-3-4-5-6-7-8-12-15-21-19(24)23-20-22-18(16-25-20)17-13-10-9-11-14-17/h9-11,13-14,16H,2-8,12,15H2,1H3,(H2,21,22,23,24). The number of anilines is 1. The molecule has 2 rings (SSSR count). The molecule has 0 aliphatic rings. The van der Waals surface area contributed by atoms with E-state index in [2.05, 4.69) is 22.5 Å². The van der Waals surface area contributed by atoms with E-state index in [1.165, 1.54) is 56.3 Å². The Kier molecular flexibility index (Phi) is 9.05. The number of nitrogens with zero attached hydrogens (tertiary/aromatic N) is 1. The number of carbonyl (C=O) groups is 1. The van der Waals surface area contributed by atoms with Crippen LogP contribution in [0.2, 0.25) is 0 Å². The third-order valence-corrected chi connectivity index (χ3v) is 4.87. The molecule has 0 saturated carbocycles. The highest BCUT2D eigenvalue weighted by molar-refractivity contribution is 7.14. The second-order valence-corrected chi connectivity index (χ2v) is 7.12. The first kappa shape index (κ1) is 19.4. The van der Waals surface area contributed by atoms with Crippen LogP contribution in [0.5, 0.6) is 0 Å². The number of thiazole rings is 1. The topological polar surface area (TPSA) is 54.0 Å². The van der Waals surface area contributed by atoms with Gasteiger partial charge in [0.1, 0.15) is 0 Å². The first-order valence-corrected chi connectivity index (χ1v) is 10.2. The smallest absolute Gasteiger partial charge is 0.321 e. The molecule has 0 unspecified atom stereocenters. The molecule has 0 bridgehead atoms. The number of urea groups is 1. The van der Waals surface area contributed by atoms with Crippen molar-refractivity contribution >= 4 is 22.5 Å². The molecule has 2 amide bonds. The maximum absolute atomic E-state index is 11.9. The van der Waals surface area contributed by atoms with Crippen LogP contribution in [-0.4, -0.2) is 17.6 Å². The Hall–Kier alpha value is -1.88. The van der Waals surface area contributed by atoms with Crippen LogP contribution in [0.1, 0.15) is 58.3 Å². The number of amides is 2. The Morgan fingerprint density at radius 3 is 2.40 bits per heavy atom. The summed E-state index contributed by atoms with van der Waals surface area (Å²) in [5.74, 6) is 0. The van der Waals surface area contributed by atoms with Gasteiger partial charge in [-0.1, -0.05) is 82.2 Å². The summed E-state index contributed by atoms with van der Waals surface area (Å²) in [4.78, 5) is 16.4. The maximum Gasteiger partial charge on any atom is 0.321 e. The lowest BCUT2D eigenvalue weighted by molar-refractivity contribution is 0.252. The SMILES string of the molecule is CCCCCCCCCCNC(=O)Nc1nc(-c2ccccc2)cs1. The van der Waals surface area contributed by atoms with Crippen molar-refractivity contribution < 1.29 is 4.79 Å². The highest BCUT2D eigenvalue weighted by Gasteiger charge is 2.07. The molecule has 0 atom stereocenters. The van der Waals surface area contributed by atoms with Crippen molar-refractivity contribution in [1.29, 1.82) is 0 Å². The fourth-order valence-corrected chi connectivity index (χ4v) is 3.39. The van der Waals surface area contributed by atoms with Crippen LogP contribution >= 0.6 is 11.3 Å². The van der Waals surface area contributed by atoms with Gasteiger partial charge in [-0.2, -0.15) is 0 Å². The second kappa shape index (κ2) is 11.6. The number of rotatable bonds is 11. The summed E-state index contributed by atoms with van der Waals surface area (Å²) in [6.45, 7) is 2.96. The largest absolute Gasteiger partial charge is 0.338 e. The van der Waals surface area contributed by atoms with Crippen molar-refractivity contribution in [2.75, 3.05) is 11.9 Å². The summed E-state index contributed by atoms with van der Waals surface area (Å²) in [6.07, 6.45) is 10.1. The molecule has 1 aromatic heterocycles. The van der Waals surface area contributed by atoms with Gasteiger partial charge in [-0.15, -0.1) is 11.3 Å². The Bertz CT molecular complexity index is 612. The highest BCUT2D eigenvalue weighted by atomic mass is 32.1. The molecule has 0 radical (unpaired) electrons. The van der Waals surface area contributed by atoms with Gasteiger partial charge >= 0.3 is 6.03 Å². The minimum atomic E-state index is -0.170. The molecule has 2 aromatic rings. The molecule has 0 aliphatic carbocycles. The summed E-state index contributed by atoms with van der Waals surface area (Å²) in [6, 6.07) is 9.81. The average molecular weight is 360 g/mol. The van der Waals surface area contributed by atoms with E-state index >= 15 is 0 Å². The lowest BCUT2D eigenvalue weighted by atomic mass is 10.1. The van der Waals surface area contributed by atoms with Crippen molar-refractivity contribution in [3.8, 4) is 11.3 Å². The molecule has 0 aliphatic heterocycles. The molecule has 1 aromatic carbocycles. The summed E-state index contributed by atoms with van der Waals surface area (Å²) in [5, 5.41) is 8.32. The predicted molar refractivity (Wildman–Crippen MR) is 107 cm³/mol. The van der Waals surface area contributed by atoms with Crippen LogP contribution in [0.3, 0.4) is 0 Å². The van der Waals surface area contributed by atoms with E-state index in [9.17, 15) is 4.79 Å². The van der Waals surface area contributed by atoms with Gasteiger partial charge < -0.3 is 5.32 Å². The van der Waals surface area contributed by atoms with Crippen LogP contribution < -0.4 is 10.6 Å².